The van der Waals surface area contributed by atoms with E-state index >= 15 is 0 Å². The fourth-order valence-electron chi connectivity index (χ4n) is 0.688. The highest BCUT2D eigenvalue weighted by molar-refractivity contribution is 5.35. The molecule has 0 saturated carbocycles. The third-order valence-electron chi connectivity index (χ3n) is 1.27. The second-order valence-electron chi connectivity index (χ2n) is 2.53. The van der Waals surface area contributed by atoms with Crippen molar-refractivity contribution in [2.24, 2.45) is 0 Å². The van der Waals surface area contributed by atoms with Crippen LogP contribution < -0.4 is 5.73 Å². The van der Waals surface area contributed by atoms with Gasteiger partial charge in [0, 0.05) is 5.69 Å². The van der Waals surface area contributed by atoms with Gasteiger partial charge in [-0.15, -0.1) is 13.2 Å². The van der Waals surface area contributed by atoms with Crippen LogP contribution in [0.4, 0.5) is 5.69 Å². The van der Waals surface area contributed by atoms with Gasteiger partial charge in [0.2, 0.25) is 0 Å². The predicted octanol–water partition coefficient (Wildman–Crippen LogP) is 2.64. The van der Waals surface area contributed by atoms with Gasteiger partial charge in [-0.25, -0.2) is 0 Å². The average molecular weight is 191 g/mol. The summed E-state index contributed by atoms with van der Waals surface area (Å²) < 4.78 is 4.90. The molecule has 0 fully saturated rings. The lowest BCUT2D eigenvalue weighted by atomic mass is 10.3. The topological polar surface area (TPSA) is 35.2 Å². The number of hydrogen-bond acceptors (Lipinski definition) is 2. The summed E-state index contributed by atoms with van der Waals surface area (Å²) in [4.78, 5) is 0. The quantitative estimate of drug-likeness (QED) is 0.451. The molecule has 2 heteroatoms. The number of ether oxygens (including phenoxy) is 1. The fraction of sp³-hybridized carbons (Fsp3) is 0.167. The van der Waals surface area contributed by atoms with Crippen molar-refractivity contribution >= 4 is 5.69 Å². The smallest absolute Gasteiger partial charge is 0.0649 e. The maximum Gasteiger partial charge on any atom is 0.0649 e. The first kappa shape index (κ1) is 12.5. The Morgan fingerprint density at radius 1 is 1.07 bits per heavy atom. The van der Waals surface area contributed by atoms with Crippen molar-refractivity contribution in [1.29, 1.82) is 0 Å². The molecule has 0 heterocycles. The minimum atomic E-state index is 0.617. The van der Waals surface area contributed by atoms with Crippen molar-refractivity contribution in [3.8, 4) is 0 Å². The van der Waals surface area contributed by atoms with Crippen LogP contribution >= 0.6 is 0 Å². The van der Waals surface area contributed by atoms with Gasteiger partial charge in [-0.2, -0.15) is 0 Å². The number of rotatable bonds is 4. The second kappa shape index (κ2) is 9.55. The molecule has 1 rings (SSSR count). The number of benzene rings is 1. The molecule has 14 heavy (non-hydrogen) atoms. The van der Waals surface area contributed by atoms with E-state index in [2.05, 4.69) is 13.2 Å². The first-order valence-electron chi connectivity index (χ1n) is 4.41. The zero-order chi connectivity index (χ0) is 10.6. The number of nitrogens with two attached hydrogens (primary N) is 1. The van der Waals surface area contributed by atoms with Crippen molar-refractivity contribution in [3.05, 3.63) is 55.6 Å². The van der Waals surface area contributed by atoms with Crippen molar-refractivity contribution in [1.82, 2.24) is 0 Å². The number of hydrogen-bond donors (Lipinski definition) is 1. The third kappa shape index (κ3) is 8.56. The highest BCUT2D eigenvalue weighted by Gasteiger charge is 1.72. The molecule has 0 unspecified atom stereocenters. The van der Waals surface area contributed by atoms with E-state index in [4.69, 9.17) is 10.5 Å². The van der Waals surface area contributed by atoms with Crippen LogP contribution in [-0.2, 0) is 4.74 Å². The van der Waals surface area contributed by atoms with E-state index in [1.807, 2.05) is 30.3 Å². The van der Waals surface area contributed by atoms with Crippen molar-refractivity contribution in [2.45, 2.75) is 0 Å². The van der Waals surface area contributed by atoms with E-state index in [1.54, 1.807) is 12.2 Å². The first-order valence-corrected chi connectivity index (χ1v) is 4.41. The van der Waals surface area contributed by atoms with Gasteiger partial charge in [0.05, 0.1) is 13.2 Å². The van der Waals surface area contributed by atoms with E-state index in [-0.39, 0.29) is 0 Å². The minimum absolute atomic E-state index is 0.617. The van der Waals surface area contributed by atoms with Crippen LogP contribution in [0.5, 0.6) is 0 Å². The van der Waals surface area contributed by atoms with Crippen LogP contribution in [0.2, 0.25) is 0 Å². The normalized spacial score (nSPS) is 8.29. The van der Waals surface area contributed by atoms with E-state index in [0.29, 0.717) is 13.2 Å². The van der Waals surface area contributed by atoms with Crippen molar-refractivity contribution in [2.75, 3.05) is 18.9 Å². The van der Waals surface area contributed by atoms with Crippen LogP contribution in [0.15, 0.2) is 55.6 Å². The Balaban J connectivity index is 0.000000241. The molecule has 0 amide bonds. The average Bonchev–Trinajstić information content (AvgIpc) is 2.21. The van der Waals surface area contributed by atoms with Gasteiger partial charge < -0.3 is 10.5 Å². The molecule has 0 aromatic heterocycles. The Labute approximate surface area is 85.7 Å². The zero-order valence-corrected chi connectivity index (χ0v) is 8.36. The van der Waals surface area contributed by atoms with Crippen molar-refractivity contribution in [3.63, 3.8) is 0 Å². The Morgan fingerprint density at radius 3 is 1.86 bits per heavy atom. The lowest BCUT2D eigenvalue weighted by Gasteiger charge is -1.89. The Kier molecular flexibility index (Phi) is 8.50. The fourth-order valence-corrected chi connectivity index (χ4v) is 0.688. The second-order valence-corrected chi connectivity index (χ2v) is 2.53. The highest BCUT2D eigenvalue weighted by atomic mass is 16.5. The van der Waals surface area contributed by atoms with Gasteiger partial charge >= 0.3 is 0 Å². The summed E-state index contributed by atoms with van der Waals surface area (Å²) in [7, 11) is 0. The number of nitrogen functional groups attached to an aromatic ring is 1. The summed E-state index contributed by atoms with van der Waals surface area (Å²) >= 11 is 0. The first-order chi connectivity index (χ1) is 6.81. The molecular weight excluding hydrogens is 174 g/mol. The van der Waals surface area contributed by atoms with Gasteiger partial charge in [-0.3, -0.25) is 0 Å². The van der Waals surface area contributed by atoms with E-state index < -0.39 is 0 Å². The van der Waals surface area contributed by atoms with Crippen LogP contribution in [0.3, 0.4) is 0 Å². The van der Waals surface area contributed by atoms with Gasteiger partial charge in [-0.05, 0) is 12.1 Å². The minimum Gasteiger partial charge on any atom is -0.399 e. The SMILES string of the molecule is C=CCOCC=C.Nc1ccccc1. The Hall–Kier alpha value is -1.54. The van der Waals surface area contributed by atoms with E-state index in [1.165, 1.54) is 0 Å². The van der Waals surface area contributed by atoms with E-state index in [9.17, 15) is 0 Å². The molecule has 0 aliphatic rings. The lowest BCUT2D eigenvalue weighted by molar-refractivity contribution is 0.194. The molecule has 1 aromatic rings. The van der Waals surface area contributed by atoms with Gasteiger partial charge in [0.15, 0.2) is 0 Å². The largest absolute Gasteiger partial charge is 0.399 e. The Morgan fingerprint density at radius 2 is 1.57 bits per heavy atom. The van der Waals surface area contributed by atoms with Gasteiger partial charge in [0.1, 0.15) is 0 Å². The predicted molar refractivity (Wildman–Crippen MR) is 62.1 cm³/mol. The maximum absolute atomic E-state index is 5.36. The molecule has 1 aromatic carbocycles. The molecular formula is C12H17NO. The molecule has 0 spiro atoms. The molecule has 0 saturated heterocycles. The standard InChI is InChI=1S/C6H7N.C6H10O/c7-6-4-2-1-3-5-6;1-3-5-7-6-4-2/h1-5H,7H2;3-4H,1-2,5-6H2. The van der Waals surface area contributed by atoms with E-state index in [0.717, 1.165) is 5.69 Å². The summed E-state index contributed by atoms with van der Waals surface area (Å²) in [5.74, 6) is 0. The summed E-state index contributed by atoms with van der Waals surface area (Å²) in [5.41, 5.74) is 6.18. The summed E-state index contributed by atoms with van der Waals surface area (Å²) in [6.45, 7) is 8.18. The van der Waals surface area contributed by atoms with Crippen LogP contribution in [0.25, 0.3) is 0 Å². The molecule has 0 bridgehead atoms. The molecule has 0 radical (unpaired) electrons. The number of anilines is 1. The zero-order valence-electron chi connectivity index (χ0n) is 8.36. The van der Waals surface area contributed by atoms with Crippen LogP contribution in [0.1, 0.15) is 0 Å². The lowest BCUT2D eigenvalue weighted by Crippen LogP contribution is -1.87. The van der Waals surface area contributed by atoms with Gasteiger partial charge in [-0.1, -0.05) is 30.4 Å². The molecule has 76 valence electrons. The summed E-state index contributed by atoms with van der Waals surface area (Å²) in [6.07, 6.45) is 3.42. The molecule has 0 aliphatic heterocycles. The summed E-state index contributed by atoms with van der Waals surface area (Å²) in [6, 6.07) is 9.49. The van der Waals surface area contributed by atoms with Crippen LogP contribution in [-0.4, -0.2) is 13.2 Å². The molecule has 2 N–H and O–H groups in total. The molecule has 0 atom stereocenters. The van der Waals surface area contributed by atoms with Gasteiger partial charge in [0.25, 0.3) is 0 Å². The highest BCUT2D eigenvalue weighted by Crippen LogP contribution is 1.95. The summed E-state index contributed by atoms with van der Waals surface area (Å²) in [5, 5.41) is 0. The molecule has 2 nitrogen and oxygen atoms in total. The molecule has 0 aliphatic carbocycles. The van der Waals surface area contributed by atoms with Crippen molar-refractivity contribution < 1.29 is 4.74 Å². The van der Waals surface area contributed by atoms with Crippen LogP contribution in [0, 0.1) is 0 Å². The number of para-hydroxylation sites is 1. The monoisotopic (exact) mass is 191 g/mol. The third-order valence-corrected chi connectivity index (χ3v) is 1.27. The maximum atomic E-state index is 5.36. The Bertz CT molecular complexity index is 236.